The van der Waals surface area contributed by atoms with Crippen LogP contribution in [0, 0.1) is 0 Å². The minimum atomic E-state index is -0.608. The normalized spacial score (nSPS) is 17.9. The van der Waals surface area contributed by atoms with Crippen LogP contribution in [0.2, 0.25) is 0 Å². The molecule has 1 aromatic carbocycles. The van der Waals surface area contributed by atoms with Gasteiger partial charge in [-0.05, 0) is 51.5 Å². The van der Waals surface area contributed by atoms with E-state index < -0.39 is 11.7 Å². The van der Waals surface area contributed by atoms with E-state index >= 15 is 0 Å². The maximum Gasteiger partial charge on any atom is 0.410 e. The van der Waals surface area contributed by atoms with E-state index in [0.29, 0.717) is 25.1 Å². The number of hydrogen-bond donors (Lipinski definition) is 2. The van der Waals surface area contributed by atoms with Crippen molar-refractivity contribution in [3.05, 3.63) is 66.7 Å². The predicted molar refractivity (Wildman–Crippen MR) is 134 cm³/mol. The molecule has 4 aromatic rings. The van der Waals surface area contributed by atoms with Gasteiger partial charge >= 0.3 is 6.09 Å². The first kappa shape index (κ1) is 23.5. The number of aromatic nitrogens is 5. The Kier molecular flexibility index (Phi) is 6.17. The summed E-state index contributed by atoms with van der Waals surface area (Å²) >= 11 is 0. The van der Waals surface area contributed by atoms with E-state index in [4.69, 9.17) is 4.74 Å². The number of H-pyrrole nitrogens is 1. The van der Waals surface area contributed by atoms with Crippen molar-refractivity contribution in [3.8, 4) is 11.3 Å². The Labute approximate surface area is 208 Å². The lowest BCUT2D eigenvalue weighted by Gasteiger charge is -2.28. The molecule has 1 aliphatic heterocycles. The number of rotatable bonds is 5. The lowest BCUT2D eigenvalue weighted by Crippen LogP contribution is -2.43. The first-order chi connectivity index (χ1) is 17.3. The second kappa shape index (κ2) is 9.44. The molecule has 0 radical (unpaired) electrons. The van der Waals surface area contributed by atoms with Crippen molar-refractivity contribution >= 4 is 22.9 Å². The maximum absolute atomic E-state index is 13.0. The molecule has 1 aliphatic rings. The summed E-state index contributed by atoms with van der Waals surface area (Å²) in [6.45, 7) is 6.40. The third-order valence-electron chi connectivity index (χ3n) is 6.12. The smallest absolute Gasteiger partial charge is 0.410 e. The van der Waals surface area contributed by atoms with Crippen LogP contribution >= 0.6 is 0 Å². The molecule has 0 aliphatic carbocycles. The van der Waals surface area contributed by atoms with Gasteiger partial charge in [0.25, 0.3) is 5.91 Å². The van der Waals surface area contributed by atoms with Gasteiger partial charge in [-0.15, -0.1) is 0 Å². The lowest BCUT2D eigenvalue weighted by molar-refractivity contribution is 0.0208. The van der Waals surface area contributed by atoms with Crippen molar-refractivity contribution in [2.45, 2.75) is 51.4 Å². The average Bonchev–Trinajstić information content (AvgIpc) is 3.59. The molecule has 10 nitrogen and oxygen atoms in total. The molecular formula is C26H29N7O3. The molecule has 2 amide bonds. The van der Waals surface area contributed by atoms with E-state index in [9.17, 15) is 9.59 Å². The highest BCUT2D eigenvalue weighted by molar-refractivity contribution is 5.96. The number of hydrogen-bond acceptors (Lipinski definition) is 6. The van der Waals surface area contributed by atoms with Gasteiger partial charge in [-0.25, -0.2) is 4.79 Å². The fraction of sp³-hybridized carbons (Fsp3) is 0.346. The Morgan fingerprint density at radius 3 is 2.75 bits per heavy atom. The Hall–Kier alpha value is -4.21. The molecule has 1 saturated heterocycles. The second-order valence-corrected chi connectivity index (χ2v) is 9.99. The quantitative estimate of drug-likeness (QED) is 0.444. The monoisotopic (exact) mass is 487 g/mol. The minimum absolute atomic E-state index is 0.152. The highest BCUT2D eigenvalue weighted by atomic mass is 16.6. The zero-order chi connectivity index (χ0) is 25.3. The van der Waals surface area contributed by atoms with Crippen molar-refractivity contribution in [1.29, 1.82) is 0 Å². The van der Waals surface area contributed by atoms with Gasteiger partial charge in [0.05, 0.1) is 35.6 Å². The van der Waals surface area contributed by atoms with E-state index in [1.165, 1.54) is 0 Å². The van der Waals surface area contributed by atoms with E-state index in [-0.39, 0.29) is 18.0 Å². The first-order valence-corrected chi connectivity index (χ1v) is 11.9. The third-order valence-corrected chi connectivity index (χ3v) is 6.12. The van der Waals surface area contributed by atoms with E-state index in [1.807, 2.05) is 57.3 Å². The van der Waals surface area contributed by atoms with Crippen LogP contribution in [0.1, 0.15) is 37.6 Å². The maximum atomic E-state index is 13.0. The largest absolute Gasteiger partial charge is 0.444 e. The number of carbonyl (C=O) groups is 2. The van der Waals surface area contributed by atoms with Gasteiger partial charge in [-0.1, -0.05) is 12.1 Å². The van der Waals surface area contributed by atoms with Gasteiger partial charge < -0.3 is 15.0 Å². The van der Waals surface area contributed by atoms with E-state index in [0.717, 1.165) is 22.2 Å². The van der Waals surface area contributed by atoms with Crippen molar-refractivity contribution < 1.29 is 14.3 Å². The number of likely N-dealkylation sites (tertiary alicyclic amines) is 1. The molecule has 0 bridgehead atoms. The molecule has 2 atom stereocenters. The molecule has 3 aromatic heterocycles. The number of ether oxygens (including phenoxy) is 1. The number of nitrogens with one attached hydrogen (secondary N) is 2. The summed E-state index contributed by atoms with van der Waals surface area (Å²) in [5.41, 5.74) is 2.48. The van der Waals surface area contributed by atoms with Gasteiger partial charge in [0.2, 0.25) is 0 Å². The van der Waals surface area contributed by atoms with Crippen LogP contribution in [0.15, 0.2) is 61.2 Å². The molecule has 5 rings (SSSR count). The van der Waals surface area contributed by atoms with Crippen molar-refractivity contribution in [3.63, 3.8) is 0 Å². The number of aromatic amines is 1. The lowest BCUT2D eigenvalue weighted by atomic mass is 10.1. The Balaban J connectivity index is 1.28. The van der Waals surface area contributed by atoms with Crippen LogP contribution in [0.4, 0.5) is 4.79 Å². The van der Waals surface area contributed by atoms with E-state index in [2.05, 4.69) is 25.6 Å². The molecule has 10 heteroatoms. The molecular weight excluding hydrogens is 458 g/mol. The standard InChI is InChI=1S/C26H29N7O3/c1-26(2,3)36-25(35)33-15-18(12-19(33)16-32-11-5-10-29-32)30-24(34)17-8-9-22(27-13-17)20-6-4-7-23-21(20)14-28-31-23/h4-11,13-14,18-19H,12,15-16H2,1-3H3,(H,28,31)(H,30,34)/t18-,19+/m1/s1. The summed E-state index contributed by atoms with van der Waals surface area (Å²) in [6, 6.07) is 10.9. The molecule has 0 spiro atoms. The Morgan fingerprint density at radius 1 is 1.17 bits per heavy atom. The molecule has 36 heavy (non-hydrogen) atoms. The summed E-state index contributed by atoms with van der Waals surface area (Å²) in [6.07, 6.45) is 7.11. The number of amides is 2. The Bertz CT molecular complexity index is 1360. The predicted octanol–water partition coefficient (Wildman–Crippen LogP) is 3.63. The van der Waals surface area contributed by atoms with Crippen molar-refractivity contribution in [2.24, 2.45) is 0 Å². The summed E-state index contributed by atoms with van der Waals surface area (Å²) in [5, 5.41) is 15.4. The summed E-state index contributed by atoms with van der Waals surface area (Å²) in [7, 11) is 0. The van der Waals surface area contributed by atoms with E-state index in [1.54, 1.807) is 34.2 Å². The number of fused-ring (bicyclic) bond motifs is 1. The Morgan fingerprint density at radius 2 is 2.03 bits per heavy atom. The zero-order valence-corrected chi connectivity index (χ0v) is 20.5. The van der Waals surface area contributed by atoms with Gasteiger partial charge in [-0.2, -0.15) is 10.2 Å². The summed E-state index contributed by atoms with van der Waals surface area (Å²) in [5.74, 6) is -0.232. The molecule has 1 fully saturated rings. The highest BCUT2D eigenvalue weighted by Crippen LogP contribution is 2.26. The van der Waals surface area contributed by atoms with Crippen molar-refractivity contribution in [2.75, 3.05) is 6.54 Å². The zero-order valence-electron chi connectivity index (χ0n) is 20.5. The topological polar surface area (TPSA) is 118 Å². The summed E-state index contributed by atoms with van der Waals surface area (Å²) < 4.78 is 7.40. The number of nitrogens with zero attached hydrogens (tertiary/aromatic N) is 5. The number of benzene rings is 1. The van der Waals surface area contributed by atoms with Gasteiger partial charge in [0.1, 0.15) is 5.60 Å². The molecule has 186 valence electrons. The molecule has 2 N–H and O–H groups in total. The fourth-order valence-electron chi connectivity index (χ4n) is 4.51. The van der Waals surface area contributed by atoms with Crippen LogP contribution in [0.5, 0.6) is 0 Å². The second-order valence-electron chi connectivity index (χ2n) is 9.99. The fourth-order valence-corrected chi connectivity index (χ4v) is 4.51. The van der Waals surface area contributed by atoms with Crippen LogP contribution in [0.25, 0.3) is 22.2 Å². The van der Waals surface area contributed by atoms with Gasteiger partial charge in [0, 0.05) is 42.1 Å². The SMILES string of the molecule is CC(C)(C)OC(=O)N1C[C@H](NC(=O)c2ccc(-c3cccc4[nH]ncc34)nc2)C[C@H]1Cn1cccn1. The van der Waals surface area contributed by atoms with Crippen LogP contribution in [-0.4, -0.2) is 66.1 Å². The number of pyridine rings is 1. The van der Waals surface area contributed by atoms with Gasteiger partial charge in [-0.3, -0.25) is 19.6 Å². The van der Waals surface area contributed by atoms with Gasteiger partial charge in [0.15, 0.2) is 0 Å². The summed E-state index contributed by atoms with van der Waals surface area (Å²) in [4.78, 5) is 32.1. The molecule has 0 unspecified atom stereocenters. The van der Waals surface area contributed by atoms with Crippen LogP contribution < -0.4 is 5.32 Å². The highest BCUT2D eigenvalue weighted by Gasteiger charge is 2.38. The average molecular weight is 488 g/mol. The molecule has 0 saturated carbocycles. The molecule has 4 heterocycles. The van der Waals surface area contributed by atoms with Crippen molar-refractivity contribution in [1.82, 2.24) is 35.2 Å². The minimum Gasteiger partial charge on any atom is -0.444 e. The first-order valence-electron chi connectivity index (χ1n) is 11.9. The van der Waals surface area contributed by atoms with Crippen LogP contribution in [0.3, 0.4) is 0 Å². The number of carbonyl (C=O) groups excluding carboxylic acids is 2. The van der Waals surface area contributed by atoms with Crippen LogP contribution in [-0.2, 0) is 11.3 Å². The third kappa shape index (κ3) is 5.07.